The van der Waals surface area contributed by atoms with Crippen LogP contribution in [0.25, 0.3) is 0 Å². The van der Waals surface area contributed by atoms with Crippen LogP contribution in [0, 0.1) is 0 Å². The molecule has 0 saturated carbocycles. The molecular weight excluding hydrogens is 404 g/mol. The minimum atomic E-state index is 0.155. The number of rotatable bonds is 12. The van der Waals surface area contributed by atoms with E-state index in [1.807, 2.05) is 6.07 Å². The van der Waals surface area contributed by atoms with E-state index in [4.69, 9.17) is 4.74 Å². The van der Waals surface area contributed by atoms with E-state index in [0.29, 0.717) is 25.6 Å². The van der Waals surface area contributed by atoms with Crippen LogP contribution in [-0.2, 0) is 11.2 Å². The maximum Gasteiger partial charge on any atom is 0.219 e. The van der Waals surface area contributed by atoms with Gasteiger partial charge in [-0.25, -0.2) is 0 Å². The van der Waals surface area contributed by atoms with E-state index in [1.54, 1.807) is 0 Å². The van der Waals surface area contributed by atoms with Crippen LogP contribution < -0.4 is 15.4 Å². The molecule has 152 valence electrons. The minimum absolute atomic E-state index is 0.155. The van der Waals surface area contributed by atoms with Crippen LogP contribution in [0.2, 0.25) is 0 Å². The molecule has 5 heteroatoms. The second-order valence-electron chi connectivity index (χ2n) is 7.40. The number of benzene rings is 1. The van der Waals surface area contributed by atoms with Crippen molar-refractivity contribution in [3.05, 3.63) is 29.8 Å². The number of alkyl halides is 1. The average Bonchev–Trinajstić information content (AvgIpc) is 2.94. The fourth-order valence-electron chi connectivity index (χ4n) is 3.46. The van der Waals surface area contributed by atoms with Gasteiger partial charge < -0.3 is 15.4 Å². The number of carbonyl (C=O) groups is 1. The lowest BCUT2D eigenvalue weighted by molar-refractivity contribution is -0.121. The van der Waals surface area contributed by atoms with Crippen LogP contribution >= 0.6 is 15.9 Å². The Balaban J connectivity index is 1.59. The van der Waals surface area contributed by atoms with E-state index in [1.165, 1.54) is 31.2 Å². The highest BCUT2D eigenvalue weighted by Gasteiger charge is 2.12. The number of carbonyl (C=O) groups excluding carboxylic acids is 1. The summed E-state index contributed by atoms with van der Waals surface area (Å²) in [4.78, 5) is 11.7. The van der Waals surface area contributed by atoms with Crippen molar-refractivity contribution in [3.8, 4) is 5.75 Å². The SMILES string of the molecule is O=C(CCCCCBr)NCCCOc1cccc(CC2CCCCCN2)c1. The minimum Gasteiger partial charge on any atom is -0.494 e. The smallest absolute Gasteiger partial charge is 0.219 e. The molecule has 0 radical (unpaired) electrons. The van der Waals surface area contributed by atoms with Gasteiger partial charge in [0, 0.05) is 24.3 Å². The third kappa shape index (κ3) is 10.2. The summed E-state index contributed by atoms with van der Waals surface area (Å²) < 4.78 is 5.88. The molecule has 1 heterocycles. The molecule has 27 heavy (non-hydrogen) atoms. The van der Waals surface area contributed by atoms with E-state index in [9.17, 15) is 4.79 Å². The fraction of sp³-hybridized carbons (Fsp3) is 0.682. The summed E-state index contributed by atoms with van der Waals surface area (Å²) in [5, 5.41) is 7.65. The first-order valence-electron chi connectivity index (χ1n) is 10.6. The lowest BCUT2D eigenvalue weighted by atomic mass is 10.0. The number of halogens is 1. The van der Waals surface area contributed by atoms with E-state index < -0.39 is 0 Å². The molecule has 0 aromatic heterocycles. The van der Waals surface area contributed by atoms with Crippen molar-refractivity contribution in [3.63, 3.8) is 0 Å². The predicted molar refractivity (Wildman–Crippen MR) is 116 cm³/mol. The number of unbranched alkanes of at least 4 members (excludes halogenated alkanes) is 2. The van der Waals surface area contributed by atoms with Crippen molar-refractivity contribution in [2.24, 2.45) is 0 Å². The van der Waals surface area contributed by atoms with Crippen LogP contribution in [0.15, 0.2) is 24.3 Å². The molecule has 1 atom stereocenters. The van der Waals surface area contributed by atoms with Gasteiger partial charge in [0.2, 0.25) is 5.91 Å². The summed E-state index contributed by atoms with van der Waals surface area (Å²) in [6.45, 7) is 2.46. The van der Waals surface area contributed by atoms with E-state index >= 15 is 0 Å². The van der Waals surface area contributed by atoms with Crippen LogP contribution in [-0.4, -0.2) is 37.0 Å². The molecular formula is C22H35BrN2O2. The Morgan fingerprint density at radius 2 is 2.11 bits per heavy atom. The van der Waals surface area contributed by atoms with Gasteiger partial charge in [0.15, 0.2) is 0 Å². The molecule has 1 aliphatic rings. The summed E-state index contributed by atoms with van der Waals surface area (Å²) in [5.41, 5.74) is 1.34. The Labute approximate surface area is 173 Å². The van der Waals surface area contributed by atoms with Crippen LogP contribution in [0.4, 0.5) is 0 Å². The molecule has 2 N–H and O–H groups in total. The summed E-state index contributed by atoms with van der Waals surface area (Å²) >= 11 is 3.41. The van der Waals surface area contributed by atoms with Crippen molar-refractivity contribution in [2.45, 2.75) is 70.3 Å². The average molecular weight is 439 g/mol. The van der Waals surface area contributed by atoms with Crippen molar-refractivity contribution in [2.75, 3.05) is 25.0 Å². The van der Waals surface area contributed by atoms with Gasteiger partial charge in [0.1, 0.15) is 5.75 Å². The molecule has 0 aliphatic carbocycles. The molecule has 1 fully saturated rings. The maximum absolute atomic E-state index is 11.7. The largest absolute Gasteiger partial charge is 0.494 e. The summed E-state index contributed by atoms with van der Waals surface area (Å²) in [6.07, 6.45) is 11.0. The zero-order valence-corrected chi connectivity index (χ0v) is 18.1. The second-order valence-corrected chi connectivity index (χ2v) is 8.20. The first kappa shape index (κ1) is 22.2. The van der Waals surface area contributed by atoms with Gasteiger partial charge in [0.25, 0.3) is 0 Å². The first-order chi connectivity index (χ1) is 13.3. The molecule has 1 aromatic rings. The van der Waals surface area contributed by atoms with Gasteiger partial charge in [0.05, 0.1) is 6.61 Å². The van der Waals surface area contributed by atoms with Gasteiger partial charge in [-0.05, 0) is 62.8 Å². The highest BCUT2D eigenvalue weighted by Crippen LogP contribution is 2.18. The molecule has 1 unspecified atom stereocenters. The van der Waals surface area contributed by atoms with Crippen LogP contribution in [0.1, 0.15) is 63.4 Å². The molecule has 0 spiro atoms. The fourth-order valence-corrected chi connectivity index (χ4v) is 3.85. The van der Waals surface area contributed by atoms with E-state index in [-0.39, 0.29) is 5.91 Å². The van der Waals surface area contributed by atoms with Crippen molar-refractivity contribution >= 4 is 21.8 Å². The van der Waals surface area contributed by atoms with Crippen molar-refractivity contribution in [1.29, 1.82) is 0 Å². The number of hydrogen-bond donors (Lipinski definition) is 2. The lowest BCUT2D eigenvalue weighted by Crippen LogP contribution is -2.30. The van der Waals surface area contributed by atoms with Gasteiger partial charge in [-0.3, -0.25) is 4.79 Å². The first-order valence-corrected chi connectivity index (χ1v) is 11.7. The summed E-state index contributed by atoms with van der Waals surface area (Å²) in [7, 11) is 0. The van der Waals surface area contributed by atoms with Crippen LogP contribution in [0.5, 0.6) is 5.75 Å². The molecule has 1 aromatic carbocycles. The van der Waals surface area contributed by atoms with E-state index in [0.717, 1.165) is 49.7 Å². The Hall–Kier alpha value is -1.07. The van der Waals surface area contributed by atoms with Gasteiger partial charge in [-0.1, -0.05) is 47.3 Å². The quantitative estimate of drug-likeness (QED) is 0.370. The summed E-state index contributed by atoms with van der Waals surface area (Å²) in [6, 6.07) is 9.04. The molecule has 0 bridgehead atoms. The van der Waals surface area contributed by atoms with Crippen molar-refractivity contribution < 1.29 is 9.53 Å². The lowest BCUT2D eigenvalue weighted by Gasteiger charge is -2.16. The van der Waals surface area contributed by atoms with Gasteiger partial charge in [-0.15, -0.1) is 0 Å². The van der Waals surface area contributed by atoms with Crippen LogP contribution in [0.3, 0.4) is 0 Å². The second kappa shape index (κ2) is 14.0. The molecule has 2 rings (SSSR count). The normalized spacial score (nSPS) is 17.3. The van der Waals surface area contributed by atoms with Crippen molar-refractivity contribution in [1.82, 2.24) is 10.6 Å². The Bertz CT molecular complexity index is 531. The van der Waals surface area contributed by atoms with E-state index in [2.05, 4.69) is 44.8 Å². The number of ether oxygens (including phenoxy) is 1. The molecule has 4 nitrogen and oxygen atoms in total. The highest BCUT2D eigenvalue weighted by atomic mass is 79.9. The molecule has 1 aliphatic heterocycles. The molecule has 1 amide bonds. The maximum atomic E-state index is 11.7. The number of nitrogens with one attached hydrogen (secondary N) is 2. The Morgan fingerprint density at radius 1 is 1.19 bits per heavy atom. The highest BCUT2D eigenvalue weighted by molar-refractivity contribution is 9.09. The van der Waals surface area contributed by atoms with Gasteiger partial charge >= 0.3 is 0 Å². The van der Waals surface area contributed by atoms with Gasteiger partial charge in [-0.2, -0.15) is 0 Å². The third-order valence-corrected chi connectivity index (χ3v) is 5.55. The zero-order chi connectivity index (χ0) is 19.2. The Kier molecular flexibility index (Phi) is 11.5. The monoisotopic (exact) mass is 438 g/mol. The molecule has 1 saturated heterocycles. The number of amides is 1. The number of hydrogen-bond acceptors (Lipinski definition) is 3. The third-order valence-electron chi connectivity index (χ3n) is 4.99. The topological polar surface area (TPSA) is 50.4 Å². The zero-order valence-electron chi connectivity index (χ0n) is 16.5. The standard InChI is InChI=1S/C22H35BrN2O2/c23-13-5-1-4-12-22(26)25-15-8-16-27-21-11-7-9-19(18-21)17-20-10-3-2-6-14-24-20/h7,9,11,18,20,24H,1-6,8,10,12-17H2,(H,25,26). The Morgan fingerprint density at radius 3 is 3.00 bits per heavy atom. The summed E-state index contributed by atoms with van der Waals surface area (Å²) in [5.74, 6) is 1.09. The predicted octanol–water partition coefficient (Wildman–Crippen LogP) is 4.60.